The molecule has 0 bridgehead atoms. The van der Waals surface area contributed by atoms with Crippen molar-refractivity contribution in [2.45, 2.75) is 46.1 Å². The molecule has 0 aliphatic carbocycles. The van der Waals surface area contributed by atoms with Crippen LogP contribution >= 0.6 is 0 Å². The zero-order valence-corrected chi connectivity index (χ0v) is 11.1. The predicted octanol–water partition coefficient (Wildman–Crippen LogP) is 2.74. The summed E-state index contributed by atoms with van der Waals surface area (Å²) in [5, 5.41) is 0. The van der Waals surface area contributed by atoms with Gasteiger partial charge in [0.1, 0.15) is 6.10 Å². The Morgan fingerprint density at radius 1 is 1.35 bits per heavy atom. The fourth-order valence-corrected chi connectivity index (χ4v) is 1.55. The van der Waals surface area contributed by atoms with Crippen LogP contribution in [0.15, 0.2) is 18.3 Å². The largest absolute Gasteiger partial charge is 0.371 e. The number of pyridine rings is 1. The maximum atomic E-state index is 11.8. The van der Waals surface area contributed by atoms with Crippen LogP contribution in [0.5, 0.6) is 0 Å². The third-order valence-electron chi connectivity index (χ3n) is 2.74. The Labute approximate surface area is 103 Å². The van der Waals surface area contributed by atoms with Crippen molar-refractivity contribution in [1.82, 2.24) is 4.98 Å². The Balaban J connectivity index is 2.60. The second kappa shape index (κ2) is 6.50. The number of hydrogen-bond donors (Lipinski definition) is 0. The summed E-state index contributed by atoms with van der Waals surface area (Å²) >= 11 is 0. The molecular weight excluding hydrogens is 214 g/mol. The second-order valence-electron chi connectivity index (χ2n) is 4.48. The molecule has 1 heterocycles. The molecule has 3 heteroatoms. The summed E-state index contributed by atoms with van der Waals surface area (Å²) in [6, 6.07) is 3.96. The van der Waals surface area contributed by atoms with E-state index in [1.807, 2.05) is 25.3 Å². The van der Waals surface area contributed by atoms with Crippen LogP contribution in [0.3, 0.4) is 0 Å². The van der Waals surface area contributed by atoms with Gasteiger partial charge in [0.05, 0.1) is 6.42 Å². The van der Waals surface area contributed by atoms with Crippen LogP contribution in [0.2, 0.25) is 0 Å². The van der Waals surface area contributed by atoms with Gasteiger partial charge >= 0.3 is 0 Å². The van der Waals surface area contributed by atoms with E-state index in [0.717, 1.165) is 5.69 Å². The first kappa shape index (κ1) is 13.8. The lowest BCUT2D eigenvalue weighted by Gasteiger charge is -2.10. The van der Waals surface area contributed by atoms with Gasteiger partial charge in [-0.1, -0.05) is 19.9 Å². The average Bonchev–Trinajstić information content (AvgIpc) is 2.30. The van der Waals surface area contributed by atoms with Crippen molar-refractivity contribution in [1.29, 1.82) is 0 Å². The average molecular weight is 235 g/mol. The lowest BCUT2D eigenvalue weighted by molar-refractivity contribution is -0.128. The SMILES string of the molecule is CCO[C@@H](C)C(=O)Cc1ccc(C(C)C)cn1. The first-order valence-corrected chi connectivity index (χ1v) is 6.13. The Hall–Kier alpha value is -1.22. The maximum Gasteiger partial charge on any atom is 0.167 e. The highest BCUT2D eigenvalue weighted by Gasteiger charge is 2.13. The van der Waals surface area contributed by atoms with E-state index < -0.39 is 0 Å². The van der Waals surface area contributed by atoms with Crippen LogP contribution in [0, 0.1) is 0 Å². The zero-order chi connectivity index (χ0) is 12.8. The molecule has 1 aromatic rings. The standard InChI is InChI=1S/C14H21NO2/c1-5-17-11(4)14(16)8-13-7-6-12(9-15-13)10(2)3/h6-7,9-11H,5,8H2,1-4H3/t11-/m0/s1. The maximum absolute atomic E-state index is 11.8. The number of aromatic nitrogens is 1. The molecule has 17 heavy (non-hydrogen) atoms. The molecular formula is C14H21NO2. The summed E-state index contributed by atoms with van der Waals surface area (Å²) in [5.41, 5.74) is 2.00. The van der Waals surface area contributed by atoms with Gasteiger partial charge in [-0.05, 0) is 31.4 Å². The zero-order valence-electron chi connectivity index (χ0n) is 11.1. The van der Waals surface area contributed by atoms with Crippen LogP contribution in [-0.2, 0) is 16.0 Å². The molecule has 0 spiro atoms. The van der Waals surface area contributed by atoms with Crippen molar-refractivity contribution in [3.8, 4) is 0 Å². The predicted molar refractivity (Wildman–Crippen MR) is 68.1 cm³/mol. The normalized spacial score (nSPS) is 12.8. The fraction of sp³-hybridized carbons (Fsp3) is 0.571. The van der Waals surface area contributed by atoms with Gasteiger partial charge in [0.2, 0.25) is 0 Å². The smallest absolute Gasteiger partial charge is 0.167 e. The summed E-state index contributed by atoms with van der Waals surface area (Å²) in [7, 11) is 0. The Kier molecular flexibility index (Phi) is 5.29. The number of carbonyl (C=O) groups excluding carboxylic acids is 1. The molecule has 0 saturated carbocycles. The molecule has 1 atom stereocenters. The van der Waals surface area contributed by atoms with E-state index in [2.05, 4.69) is 18.8 Å². The highest BCUT2D eigenvalue weighted by molar-refractivity contribution is 5.84. The van der Waals surface area contributed by atoms with Crippen molar-refractivity contribution >= 4 is 5.78 Å². The van der Waals surface area contributed by atoms with Gasteiger partial charge in [0.25, 0.3) is 0 Å². The number of carbonyl (C=O) groups is 1. The van der Waals surface area contributed by atoms with E-state index in [0.29, 0.717) is 18.9 Å². The van der Waals surface area contributed by atoms with Gasteiger partial charge < -0.3 is 4.74 Å². The first-order chi connectivity index (χ1) is 8.04. The number of hydrogen-bond acceptors (Lipinski definition) is 3. The Morgan fingerprint density at radius 2 is 2.06 bits per heavy atom. The van der Waals surface area contributed by atoms with Crippen LogP contribution < -0.4 is 0 Å². The molecule has 0 aliphatic rings. The van der Waals surface area contributed by atoms with Gasteiger partial charge in [0.15, 0.2) is 5.78 Å². The molecule has 0 radical (unpaired) electrons. The fourth-order valence-electron chi connectivity index (χ4n) is 1.55. The topological polar surface area (TPSA) is 39.2 Å². The molecule has 0 aliphatic heterocycles. The van der Waals surface area contributed by atoms with E-state index in [-0.39, 0.29) is 11.9 Å². The van der Waals surface area contributed by atoms with Gasteiger partial charge in [-0.15, -0.1) is 0 Å². The van der Waals surface area contributed by atoms with Crippen LogP contribution in [0.1, 0.15) is 44.9 Å². The van der Waals surface area contributed by atoms with Crippen molar-refractivity contribution in [2.75, 3.05) is 6.61 Å². The minimum Gasteiger partial charge on any atom is -0.371 e. The summed E-state index contributed by atoms with van der Waals surface area (Å²) < 4.78 is 5.26. The van der Waals surface area contributed by atoms with Crippen LogP contribution in [-0.4, -0.2) is 23.5 Å². The van der Waals surface area contributed by atoms with Crippen molar-refractivity contribution < 1.29 is 9.53 Å². The van der Waals surface area contributed by atoms with Crippen LogP contribution in [0.25, 0.3) is 0 Å². The summed E-state index contributed by atoms with van der Waals surface area (Å²) in [5.74, 6) is 0.547. The molecule has 0 amide bonds. The molecule has 94 valence electrons. The summed E-state index contributed by atoms with van der Waals surface area (Å²) in [6.45, 7) is 8.48. The molecule has 1 rings (SSSR count). The van der Waals surface area contributed by atoms with E-state index in [1.54, 1.807) is 6.92 Å². The quantitative estimate of drug-likeness (QED) is 0.761. The molecule has 3 nitrogen and oxygen atoms in total. The number of rotatable bonds is 6. The molecule has 1 aromatic heterocycles. The highest BCUT2D eigenvalue weighted by atomic mass is 16.5. The minimum atomic E-state index is -0.341. The molecule has 0 fully saturated rings. The monoisotopic (exact) mass is 235 g/mol. The summed E-state index contributed by atoms with van der Waals surface area (Å²) in [4.78, 5) is 16.1. The van der Waals surface area contributed by atoms with E-state index in [1.165, 1.54) is 5.56 Å². The van der Waals surface area contributed by atoms with E-state index >= 15 is 0 Å². The Bertz CT molecular complexity index is 357. The second-order valence-corrected chi connectivity index (χ2v) is 4.48. The lowest BCUT2D eigenvalue weighted by atomic mass is 10.0. The molecule has 0 N–H and O–H groups in total. The van der Waals surface area contributed by atoms with Gasteiger partial charge in [-0.2, -0.15) is 0 Å². The minimum absolute atomic E-state index is 0.0802. The number of ether oxygens (including phenoxy) is 1. The molecule has 0 aromatic carbocycles. The van der Waals surface area contributed by atoms with Gasteiger partial charge in [0, 0.05) is 18.5 Å². The summed E-state index contributed by atoms with van der Waals surface area (Å²) in [6.07, 6.45) is 1.85. The first-order valence-electron chi connectivity index (χ1n) is 6.13. The third-order valence-corrected chi connectivity index (χ3v) is 2.74. The number of nitrogens with zero attached hydrogens (tertiary/aromatic N) is 1. The van der Waals surface area contributed by atoms with E-state index in [4.69, 9.17) is 4.74 Å². The van der Waals surface area contributed by atoms with Gasteiger partial charge in [-0.25, -0.2) is 0 Å². The van der Waals surface area contributed by atoms with E-state index in [9.17, 15) is 4.79 Å². The number of ketones is 1. The Morgan fingerprint density at radius 3 is 2.53 bits per heavy atom. The molecule has 0 unspecified atom stereocenters. The van der Waals surface area contributed by atoms with Crippen molar-refractivity contribution in [3.63, 3.8) is 0 Å². The number of Topliss-reactive ketones (excluding diaryl/α,β-unsaturated/α-hetero) is 1. The molecule has 0 saturated heterocycles. The van der Waals surface area contributed by atoms with Gasteiger partial charge in [-0.3, -0.25) is 9.78 Å². The van der Waals surface area contributed by atoms with Crippen molar-refractivity contribution in [3.05, 3.63) is 29.6 Å². The van der Waals surface area contributed by atoms with Crippen molar-refractivity contribution in [2.24, 2.45) is 0 Å². The third kappa shape index (κ3) is 4.27. The lowest BCUT2D eigenvalue weighted by Crippen LogP contribution is -2.22. The highest BCUT2D eigenvalue weighted by Crippen LogP contribution is 2.13. The van der Waals surface area contributed by atoms with Crippen LogP contribution in [0.4, 0.5) is 0 Å².